The number of amides is 1. The van der Waals surface area contributed by atoms with Gasteiger partial charge in [-0.3, -0.25) is 4.79 Å². The fourth-order valence-electron chi connectivity index (χ4n) is 2.42. The van der Waals surface area contributed by atoms with Gasteiger partial charge >= 0.3 is 5.97 Å². The third kappa shape index (κ3) is 2.32. The third-order valence-corrected chi connectivity index (χ3v) is 4.58. The van der Waals surface area contributed by atoms with E-state index < -0.39 is 5.97 Å². The maximum atomic E-state index is 11.9. The van der Waals surface area contributed by atoms with Crippen molar-refractivity contribution in [1.82, 2.24) is 5.32 Å². The van der Waals surface area contributed by atoms with E-state index in [1.165, 1.54) is 17.2 Å². The van der Waals surface area contributed by atoms with E-state index in [1.807, 2.05) is 12.1 Å². The standard InChI is InChI=1S/C15H13NO3S/c17-14(12-5-6-13(20-12)15(18)19)16-8-10-7-9-3-1-2-4-11(9)10/h1-6,10H,7-8H2,(H,16,17)(H,18,19). The zero-order valence-electron chi connectivity index (χ0n) is 10.6. The summed E-state index contributed by atoms with van der Waals surface area (Å²) in [5.74, 6) is -0.831. The van der Waals surface area contributed by atoms with Crippen LogP contribution in [0, 0.1) is 0 Å². The Balaban J connectivity index is 1.59. The highest BCUT2D eigenvalue weighted by Crippen LogP contribution is 2.34. The molecule has 2 N–H and O–H groups in total. The molecular formula is C15H13NO3S. The second-order valence-electron chi connectivity index (χ2n) is 4.78. The van der Waals surface area contributed by atoms with Crippen molar-refractivity contribution in [2.24, 2.45) is 0 Å². The number of carboxylic acids is 1. The quantitative estimate of drug-likeness (QED) is 0.908. The molecule has 1 heterocycles. The number of fused-ring (bicyclic) bond motifs is 1. The van der Waals surface area contributed by atoms with Crippen molar-refractivity contribution in [3.63, 3.8) is 0 Å². The molecule has 1 aliphatic carbocycles. The molecule has 0 radical (unpaired) electrons. The lowest BCUT2D eigenvalue weighted by Crippen LogP contribution is -2.32. The fourth-order valence-corrected chi connectivity index (χ4v) is 3.18. The molecule has 0 saturated heterocycles. The number of nitrogens with one attached hydrogen (secondary N) is 1. The van der Waals surface area contributed by atoms with E-state index in [0.717, 1.165) is 17.8 Å². The number of carbonyl (C=O) groups excluding carboxylic acids is 1. The molecule has 5 heteroatoms. The molecule has 4 nitrogen and oxygen atoms in total. The minimum absolute atomic E-state index is 0.184. The second kappa shape index (κ2) is 5.09. The van der Waals surface area contributed by atoms with Crippen molar-refractivity contribution >= 4 is 23.2 Å². The van der Waals surface area contributed by atoms with Crippen molar-refractivity contribution < 1.29 is 14.7 Å². The minimum Gasteiger partial charge on any atom is -0.477 e. The van der Waals surface area contributed by atoms with Crippen molar-refractivity contribution in [3.05, 3.63) is 57.3 Å². The monoisotopic (exact) mass is 287 g/mol. The highest BCUT2D eigenvalue weighted by atomic mass is 32.1. The van der Waals surface area contributed by atoms with Crippen LogP contribution in [-0.2, 0) is 6.42 Å². The molecule has 0 spiro atoms. The predicted octanol–water partition coefficient (Wildman–Crippen LogP) is 2.52. The second-order valence-corrected chi connectivity index (χ2v) is 5.86. The van der Waals surface area contributed by atoms with Crippen molar-refractivity contribution in [3.8, 4) is 0 Å². The van der Waals surface area contributed by atoms with E-state index in [0.29, 0.717) is 17.3 Å². The zero-order chi connectivity index (χ0) is 14.1. The van der Waals surface area contributed by atoms with Gasteiger partial charge in [-0.15, -0.1) is 11.3 Å². The first-order chi connectivity index (χ1) is 9.65. The zero-order valence-corrected chi connectivity index (χ0v) is 11.4. The van der Waals surface area contributed by atoms with Gasteiger partial charge in [-0.2, -0.15) is 0 Å². The number of benzene rings is 1. The Labute approximate surface area is 120 Å². The highest BCUT2D eigenvalue weighted by Gasteiger charge is 2.25. The summed E-state index contributed by atoms with van der Waals surface area (Å²) in [6.07, 6.45) is 0.987. The Morgan fingerprint density at radius 2 is 1.95 bits per heavy atom. The van der Waals surface area contributed by atoms with Gasteiger partial charge < -0.3 is 10.4 Å². The van der Waals surface area contributed by atoms with Crippen molar-refractivity contribution in [1.29, 1.82) is 0 Å². The molecule has 1 atom stereocenters. The Bertz CT molecular complexity index is 677. The molecular weight excluding hydrogens is 274 g/mol. The fraction of sp³-hybridized carbons (Fsp3) is 0.200. The summed E-state index contributed by atoms with van der Waals surface area (Å²) in [4.78, 5) is 23.3. The van der Waals surface area contributed by atoms with Crippen LogP contribution < -0.4 is 5.32 Å². The van der Waals surface area contributed by atoms with Gasteiger partial charge in [-0.1, -0.05) is 24.3 Å². The van der Waals surface area contributed by atoms with Crippen LogP contribution in [0.15, 0.2) is 36.4 Å². The molecule has 1 unspecified atom stereocenters. The molecule has 3 rings (SSSR count). The number of aromatic carboxylic acids is 1. The summed E-state index contributed by atoms with van der Waals surface area (Å²) in [7, 11) is 0. The van der Waals surface area contributed by atoms with Gasteiger partial charge in [-0.05, 0) is 29.7 Å². The Morgan fingerprint density at radius 1 is 1.20 bits per heavy atom. The van der Waals surface area contributed by atoms with E-state index in [2.05, 4.69) is 17.4 Å². The first-order valence-corrected chi connectivity index (χ1v) is 7.16. The van der Waals surface area contributed by atoms with Gasteiger partial charge in [0.2, 0.25) is 0 Å². The lowest BCUT2D eigenvalue weighted by atomic mass is 9.77. The minimum atomic E-state index is -0.998. The van der Waals surface area contributed by atoms with Gasteiger partial charge in [0, 0.05) is 12.5 Å². The predicted molar refractivity (Wildman–Crippen MR) is 76.5 cm³/mol. The normalized spacial score (nSPS) is 16.1. The van der Waals surface area contributed by atoms with E-state index in [-0.39, 0.29) is 10.8 Å². The largest absolute Gasteiger partial charge is 0.477 e. The van der Waals surface area contributed by atoms with Crippen LogP contribution in [0.1, 0.15) is 36.4 Å². The van der Waals surface area contributed by atoms with Crippen molar-refractivity contribution in [2.75, 3.05) is 6.54 Å². The van der Waals surface area contributed by atoms with Crippen LogP contribution in [0.2, 0.25) is 0 Å². The Morgan fingerprint density at radius 3 is 2.65 bits per heavy atom. The molecule has 1 amide bonds. The number of hydrogen-bond acceptors (Lipinski definition) is 3. The maximum absolute atomic E-state index is 11.9. The summed E-state index contributed by atoms with van der Waals surface area (Å²) < 4.78 is 0. The molecule has 102 valence electrons. The van der Waals surface area contributed by atoms with E-state index >= 15 is 0 Å². The highest BCUT2D eigenvalue weighted by molar-refractivity contribution is 7.15. The first-order valence-electron chi connectivity index (χ1n) is 6.34. The third-order valence-electron chi connectivity index (χ3n) is 3.51. The first kappa shape index (κ1) is 12.9. The van der Waals surface area contributed by atoms with Crippen LogP contribution in [0.3, 0.4) is 0 Å². The average Bonchev–Trinajstić information content (AvgIpc) is 2.89. The molecule has 1 aliphatic rings. The van der Waals surface area contributed by atoms with Gasteiger partial charge in [0.1, 0.15) is 4.88 Å². The Hall–Kier alpha value is -2.14. The van der Waals surface area contributed by atoms with Crippen LogP contribution in [0.4, 0.5) is 0 Å². The number of hydrogen-bond donors (Lipinski definition) is 2. The SMILES string of the molecule is O=C(O)c1ccc(C(=O)NCC2Cc3ccccc32)s1. The van der Waals surface area contributed by atoms with Gasteiger partial charge in [0.15, 0.2) is 0 Å². The van der Waals surface area contributed by atoms with Gasteiger partial charge in [0.05, 0.1) is 4.88 Å². The van der Waals surface area contributed by atoms with Gasteiger partial charge in [-0.25, -0.2) is 4.79 Å². The lowest BCUT2D eigenvalue weighted by Gasteiger charge is -2.30. The number of thiophene rings is 1. The van der Waals surface area contributed by atoms with Crippen LogP contribution in [0.25, 0.3) is 0 Å². The van der Waals surface area contributed by atoms with Crippen LogP contribution in [0.5, 0.6) is 0 Å². The number of rotatable bonds is 4. The summed E-state index contributed by atoms with van der Waals surface area (Å²) in [6.45, 7) is 0.593. The molecule has 0 bridgehead atoms. The molecule has 2 aromatic rings. The van der Waals surface area contributed by atoms with Crippen LogP contribution in [-0.4, -0.2) is 23.5 Å². The molecule has 1 aromatic heterocycles. The average molecular weight is 287 g/mol. The van der Waals surface area contributed by atoms with E-state index in [1.54, 1.807) is 6.07 Å². The smallest absolute Gasteiger partial charge is 0.345 e. The van der Waals surface area contributed by atoms with Crippen LogP contribution >= 0.6 is 11.3 Å². The number of carboxylic acid groups (broad SMARTS) is 1. The summed E-state index contributed by atoms with van der Waals surface area (Å²) in [6, 6.07) is 11.2. The summed E-state index contributed by atoms with van der Waals surface area (Å²) in [5.41, 5.74) is 2.64. The van der Waals surface area contributed by atoms with Gasteiger partial charge in [0.25, 0.3) is 5.91 Å². The molecule has 0 aliphatic heterocycles. The lowest BCUT2D eigenvalue weighted by molar-refractivity contribution is 0.0702. The summed E-state index contributed by atoms with van der Waals surface area (Å²) in [5, 5.41) is 11.7. The topological polar surface area (TPSA) is 66.4 Å². The summed E-state index contributed by atoms with van der Waals surface area (Å²) >= 11 is 1.00. The van der Waals surface area contributed by atoms with E-state index in [4.69, 9.17) is 5.11 Å². The van der Waals surface area contributed by atoms with E-state index in [9.17, 15) is 9.59 Å². The Kier molecular flexibility index (Phi) is 3.28. The maximum Gasteiger partial charge on any atom is 0.345 e. The molecule has 0 saturated carbocycles. The molecule has 1 aromatic carbocycles. The van der Waals surface area contributed by atoms with Crippen molar-refractivity contribution in [2.45, 2.75) is 12.3 Å². The number of carbonyl (C=O) groups is 2. The molecule has 0 fully saturated rings. The molecule has 20 heavy (non-hydrogen) atoms.